The van der Waals surface area contributed by atoms with E-state index in [9.17, 15) is 4.79 Å². The van der Waals surface area contributed by atoms with Crippen LogP contribution in [0, 0.1) is 11.8 Å². The van der Waals surface area contributed by atoms with E-state index < -0.39 is 0 Å². The van der Waals surface area contributed by atoms with Gasteiger partial charge in [-0.05, 0) is 56.5 Å². The second kappa shape index (κ2) is 11.1. The number of nitrogens with zero attached hydrogens (tertiary/aromatic N) is 1. The Morgan fingerprint density at radius 2 is 1.86 bits per heavy atom. The lowest BCUT2D eigenvalue weighted by molar-refractivity contribution is -0.141. The molecule has 0 saturated carbocycles. The fourth-order valence-electron chi connectivity index (χ4n) is 3.74. The molecule has 0 N–H and O–H groups in total. The lowest BCUT2D eigenvalue weighted by Crippen LogP contribution is -2.32. The summed E-state index contributed by atoms with van der Waals surface area (Å²) in [6, 6.07) is 8.11. The van der Waals surface area contributed by atoms with Crippen molar-refractivity contribution >= 4 is 5.97 Å². The molecule has 0 bridgehead atoms. The molecule has 156 valence electrons. The number of esters is 1. The normalized spacial score (nSPS) is 22.2. The largest absolute Gasteiger partial charge is 0.493 e. The molecule has 0 amide bonds. The summed E-state index contributed by atoms with van der Waals surface area (Å²) in [5.41, 5.74) is 0. The SMILES string of the molecule is CCC(C)CC(=O)OC1=CCC2CCN(C)C2C1.COc1ccccc1OC. The molecule has 1 aliphatic heterocycles. The van der Waals surface area contributed by atoms with Crippen LogP contribution in [0.5, 0.6) is 11.5 Å². The van der Waals surface area contributed by atoms with Crippen LogP contribution in [-0.2, 0) is 9.53 Å². The maximum Gasteiger partial charge on any atom is 0.311 e. The molecule has 1 heterocycles. The Morgan fingerprint density at radius 3 is 2.43 bits per heavy atom. The lowest BCUT2D eigenvalue weighted by atomic mass is 9.89. The number of likely N-dealkylation sites (tertiary alicyclic amines) is 1. The minimum Gasteiger partial charge on any atom is -0.493 e. The number of carbonyl (C=O) groups is 1. The molecule has 1 fully saturated rings. The Hall–Kier alpha value is -2.01. The van der Waals surface area contributed by atoms with Crippen molar-refractivity contribution < 1.29 is 19.0 Å². The number of hydrogen-bond donors (Lipinski definition) is 0. The summed E-state index contributed by atoms with van der Waals surface area (Å²) in [7, 11) is 5.42. The summed E-state index contributed by atoms with van der Waals surface area (Å²) in [4.78, 5) is 14.2. The summed E-state index contributed by atoms with van der Waals surface area (Å²) in [5.74, 6) is 3.57. The second-order valence-corrected chi connectivity index (χ2v) is 7.75. The van der Waals surface area contributed by atoms with E-state index in [1.165, 1.54) is 13.0 Å². The highest BCUT2D eigenvalue weighted by atomic mass is 16.5. The molecule has 3 unspecified atom stereocenters. The zero-order valence-corrected chi connectivity index (χ0v) is 17.9. The zero-order valence-electron chi connectivity index (χ0n) is 17.9. The third kappa shape index (κ3) is 6.26. The topological polar surface area (TPSA) is 48.0 Å². The number of rotatable bonds is 6. The van der Waals surface area contributed by atoms with Gasteiger partial charge in [-0.2, -0.15) is 0 Å². The van der Waals surface area contributed by atoms with Crippen LogP contribution >= 0.6 is 0 Å². The van der Waals surface area contributed by atoms with Gasteiger partial charge in [0.1, 0.15) is 5.76 Å². The zero-order chi connectivity index (χ0) is 20.5. The van der Waals surface area contributed by atoms with Crippen molar-refractivity contribution in [2.24, 2.45) is 11.8 Å². The van der Waals surface area contributed by atoms with Crippen LogP contribution in [-0.4, -0.2) is 44.7 Å². The lowest BCUT2D eigenvalue weighted by Gasteiger charge is -2.29. The molecule has 3 atom stereocenters. The first-order valence-electron chi connectivity index (χ1n) is 10.2. The van der Waals surface area contributed by atoms with Crippen molar-refractivity contribution in [3.63, 3.8) is 0 Å². The third-order valence-electron chi connectivity index (χ3n) is 5.77. The molecule has 5 heteroatoms. The highest BCUT2D eigenvalue weighted by molar-refractivity contribution is 5.70. The van der Waals surface area contributed by atoms with Gasteiger partial charge in [-0.15, -0.1) is 0 Å². The van der Waals surface area contributed by atoms with E-state index in [4.69, 9.17) is 14.2 Å². The number of ether oxygens (including phenoxy) is 3. The highest BCUT2D eigenvalue weighted by Crippen LogP contribution is 2.35. The van der Waals surface area contributed by atoms with E-state index in [-0.39, 0.29) is 5.97 Å². The van der Waals surface area contributed by atoms with Gasteiger partial charge in [-0.25, -0.2) is 0 Å². The minimum atomic E-state index is -0.0605. The third-order valence-corrected chi connectivity index (χ3v) is 5.77. The predicted molar refractivity (Wildman–Crippen MR) is 112 cm³/mol. The van der Waals surface area contributed by atoms with Crippen molar-refractivity contribution in [1.29, 1.82) is 0 Å². The Bertz CT molecular complexity index is 635. The monoisotopic (exact) mass is 389 g/mol. The molecule has 0 spiro atoms. The standard InChI is InChI=1S/C15H25NO2.C8H10O2/c1-4-11(2)9-15(17)18-13-6-5-12-7-8-16(3)14(12)10-13;1-9-7-5-3-4-6-8(7)10-2/h6,11-12,14H,4-5,7-10H2,1-3H3;3-6H,1-2H3. The molecule has 5 nitrogen and oxygen atoms in total. The molecule has 0 radical (unpaired) electrons. The van der Waals surface area contributed by atoms with Crippen LogP contribution in [0.15, 0.2) is 36.1 Å². The average Bonchev–Trinajstić information content (AvgIpc) is 3.08. The molecular weight excluding hydrogens is 354 g/mol. The molecule has 1 aliphatic carbocycles. The minimum absolute atomic E-state index is 0.0605. The molecular formula is C23H35NO4. The first kappa shape index (κ1) is 22.3. The summed E-state index contributed by atoms with van der Waals surface area (Å²) < 4.78 is 15.5. The van der Waals surface area contributed by atoms with E-state index in [0.29, 0.717) is 18.4 Å². The van der Waals surface area contributed by atoms with Crippen LogP contribution in [0.2, 0.25) is 0 Å². The number of para-hydroxylation sites is 2. The highest BCUT2D eigenvalue weighted by Gasteiger charge is 2.35. The van der Waals surface area contributed by atoms with Crippen LogP contribution in [0.4, 0.5) is 0 Å². The first-order valence-corrected chi connectivity index (χ1v) is 10.2. The molecule has 3 rings (SSSR count). The fourth-order valence-corrected chi connectivity index (χ4v) is 3.74. The van der Waals surface area contributed by atoms with Crippen LogP contribution in [0.3, 0.4) is 0 Å². The summed E-state index contributed by atoms with van der Waals surface area (Å²) in [6.07, 6.45) is 6.97. The predicted octanol–water partition coefficient (Wildman–Crippen LogP) is 4.67. The molecule has 1 aromatic carbocycles. The number of allylic oxidation sites excluding steroid dienone is 1. The quantitative estimate of drug-likeness (QED) is 0.662. The van der Waals surface area contributed by atoms with Crippen molar-refractivity contribution in [1.82, 2.24) is 4.90 Å². The second-order valence-electron chi connectivity index (χ2n) is 7.75. The number of hydrogen-bond acceptors (Lipinski definition) is 5. The van der Waals surface area contributed by atoms with E-state index in [0.717, 1.165) is 42.4 Å². The van der Waals surface area contributed by atoms with E-state index >= 15 is 0 Å². The van der Waals surface area contributed by atoms with Gasteiger partial charge in [0.25, 0.3) is 0 Å². The van der Waals surface area contributed by atoms with Crippen molar-refractivity contribution in [3.8, 4) is 11.5 Å². The maximum atomic E-state index is 11.8. The van der Waals surface area contributed by atoms with Gasteiger partial charge < -0.3 is 19.1 Å². The van der Waals surface area contributed by atoms with Gasteiger partial charge in [-0.1, -0.05) is 32.4 Å². The number of benzene rings is 1. The molecule has 1 saturated heterocycles. The molecule has 1 aromatic rings. The summed E-state index contributed by atoms with van der Waals surface area (Å²) >= 11 is 0. The van der Waals surface area contributed by atoms with E-state index in [2.05, 4.69) is 31.9 Å². The van der Waals surface area contributed by atoms with E-state index in [1.54, 1.807) is 14.2 Å². The van der Waals surface area contributed by atoms with Gasteiger partial charge in [-0.3, -0.25) is 4.79 Å². The summed E-state index contributed by atoms with van der Waals surface area (Å²) in [5, 5.41) is 0. The summed E-state index contributed by atoms with van der Waals surface area (Å²) in [6.45, 7) is 5.38. The smallest absolute Gasteiger partial charge is 0.311 e. The van der Waals surface area contributed by atoms with Gasteiger partial charge in [0.15, 0.2) is 11.5 Å². The molecule has 2 aliphatic rings. The Morgan fingerprint density at radius 1 is 1.21 bits per heavy atom. The van der Waals surface area contributed by atoms with E-state index in [1.807, 2.05) is 24.3 Å². The Balaban J connectivity index is 0.000000237. The Labute approximate surface area is 169 Å². The average molecular weight is 390 g/mol. The van der Waals surface area contributed by atoms with Gasteiger partial charge in [0.2, 0.25) is 0 Å². The molecule has 0 aromatic heterocycles. The van der Waals surface area contributed by atoms with Crippen LogP contribution in [0.25, 0.3) is 0 Å². The van der Waals surface area contributed by atoms with Crippen molar-refractivity contribution in [3.05, 3.63) is 36.1 Å². The van der Waals surface area contributed by atoms with Crippen LogP contribution in [0.1, 0.15) is 46.0 Å². The molecule has 28 heavy (non-hydrogen) atoms. The number of methoxy groups -OCH3 is 2. The van der Waals surface area contributed by atoms with Gasteiger partial charge in [0, 0.05) is 18.9 Å². The van der Waals surface area contributed by atoms with Gasteiger partial charge in [0.05, 0.1) is 14.2 Å². The number of fused-ring (bicyclic) bond motifs is 1. The maximum absolute atomic E-state index is 11.8. The fraction of sp³-hybridized carbons (Fsp3) is 0.609. The first-order chi connectivity index (χ1) is 13.5. The van der Waals surface area contributed by atoms with Crippen molar-refractivity contribution in [2.75, 3.05) is 27.8 Å². The number of carbonyl (C=O) groups excluding carboxylic acids is 1. The van der Waals surface area contributed by atoms with Crippen LogP contribution < -0.4 is 9.47 Å². The van der Waals surface area contributed by atoms with Crippen molar-refractivity contribution in [2.45, 2.75) is 52.0 Å². The van der Waals surface area contributed by atoms with Gasteiger partial charge >= 0.3 is 5.97 Å². The Kier molecular flexibility index (Phi) is 8.84.